The van der Waals surface area contributed by atoms with Crippen LogP contribution in [0, 0.1) is 0 Å². The van der Waals surface area contributed by atoms with Gasteiger partial charge >= 0.3 is 5.97 Å². The smallest absolute Gasteiger partial charge is 0.329 e. The average Bonchev–Trinajstić information content (AvgIpc) is 1.65. The van der Waals surface area contributed by atoms with Gasteiger partial charge in [0.05, 0.1) is 7.11 Å². The zero-order valence-electron chi connectivity index (χ0n) is 4.31. The summed E-state index contributed by atoms with van der Waals surface area (Å²) < 4.78 is 4.14. The first-order chi connectivity index (χ1) is 2.81. The van der Waals surface area contributed by atoms with Gasteiger partial charge in [-0.1, -0.05) is 6.58 Å². The van der Waals surface area contributed by atoms with Crippen LogP contribution >= 0.6 is 0 Å². The fourth-order valence-electron chi connectivity index (χ4n) is 0.0833. The summed E-state index contributed by atoms with van der Waals surface area (Å²) in [6.07, 6.45) is 1.11. The Hall–Kier alpha value is -0.167. The van der Waals surface area contributed by atoms with Crippen LogP contribution < -0.4 is 0 Å². The normalized spacial score (nSPS) is 5.86. The summed E-state index contributed by atoms with van der Waals surface area (Å²) in [7, 11) is 1.31. The van der Waals surface area contributed by atoms with E-state index in [1.165, 1.54) is 7.11 Å². The van der Waals surface area contributed by atoms with Crippen LogP contribution in [0.3, 0.4) is 0 Å². The predicted octanol–water partition coefficient (Wildman–Crippen LogP) is 0.343. The molecule has 7 heavy (non-hydrogen) atoms. The summed E-state index contributed by atoms with van der Waals surface area (Å²) in [6, 6.07) is 0. The molecule has 2 nitrogen and oxygen atoms in total. The molecular weight excluding hydrogens is 145 g/mol. The quantitative estimate of drug-likeness (QED) is 0.307. The van der Waals surface area contributed by atoms with E-state index in [9.17, 15) is 4.79 Å². The fraction of sp³-hybridized carbons (Fsp3) is 0.250. The maximum atomic E-state index is 9.84. The molecule has 0 fully saturated rings. The fourth-order valence-corrected chi connectivity index (χ4v) is 0.0833. The second-order valence-corrected chi connectivity index (χ2v) is 0.727. The molecule has 0 unspecified atom stereocenters. The third-order valence-corrected chi connectivity index (χ3v) is 0.368. The van der Waals surface area contributed by atoms with Crippen LogP contribution in [-0.2, 0) is 29.0 Å². The molecule has 0 N–H and O–H groups in total. The van der Waals surface area contributed by atoms with Gasteiger partial charge in [0, 0.05) is 25.6 Å². The van der Waals surface area contributed by atoms with E-state index in [4.69, 9.17) is 0 Å². The van der Waals surface area contributed by atoms with Crippen LogP contribution in [0.2, 0.25) is 0 Å². The topological polar surface area (TPSA) is 26.3 Å². The Bertz CT molecular complexity index is 70.1. The molecule has 0 saturated carbocycles. The van der Waals surface area contributed by atoms with Gasteiger partial charge in [0.2, 0.25) is 0 Å². The van der Waals surface area contributed by atoms with Crippen molar-refractivity contribution in [1.29, 1.82) is 0 Å². The Morgan fingerprint density at radius 3 is 2.29 bits per heavy atom. The van der Waals surface area contributed by atoms with Crippen molar-refractivity contribution in [2.24, 2.45) is 0 Å². The van der Waals surface area contributed by atoms with Crippen molar-refractivity contribution >= 4 is 5.97 Å². The Kier molecular flexibility index (Phi) is 8.29. The number of rotatable bonds is 1. The van der Waals surface area contributed by atoms with E-state index in [2.05, 4.69) is 11.3 Å². The monoisotopic (exact) mass is 150 g/mol. The zero-order chi connectivity index (χ0) is 4.99. The largest absolute Gasteiger partial charge is 0.466 e. The summed E-state index contributed by atoms with van der Waals surface area (Å²) in [4.78, 5) is 9.84. The molecule has 0 aromatic heterocycles. The second-order valence-electron chi connectivity index (χ2n) is 0.727. The van der Waals surface area contributed by atoms with Crippen LogP contribution in [0.4, 0.5) is 0 Å². The summed E-state index contributed by atoms with van der Waals surface area (Å²) in [6.45, 7) is 3.16. The maximum Gasteiger partial charge on any atom is 0.329 e. The van der Waals surface area contributed by atoms with Gasteiger partial charge in [-0.05, 0) is 0 Å². The number of hydrogen-bond donors (Lipinski definition) is 0. The molecule has 0 bridgehead atoms. The molecule has 0 amide bonds. The Balaban J connectivity index is 0. The SMILES string of the molecule is C=CC(=O)OC.[Zn]. The number of esters is 1. The minimum Gasteiger partial charge on any atom is -0.466 e. The van der Waals surface area contributed by atoms with Gasteiger partial charge in [-0.3, -0.25) is 0 Å². The van der Waals surface area contributed by atoms with E-state index in [-0.39, 0.29) is 19.5 Å². The van der Waals surface area contributed by atoms with Gasteiger partial charge < -0.3 is 4.74 Å². The molecule has 0 aromatic carbocycles. The maximum absolute atomic E-state index is 9.84. The van der Waals surface area contributed by atoms with Gasteiger partial charge in [-0.2, -0.15) is 0 Å². The van der Waals surface area contributed by atoms with Crippen LogP contribution in [0.25, 0.3) is 0 Å². The minimum atomic E-state index is -0.394. The third-order valence-electron chi connectivity index (χ3n) is 0.368. The summed E-state index contributed by atoms with van der Waals surface area (Å²) in [5.41, 5.74) is 0. The first kappa shape index (κ1) is 9.95. The van der Waals surface area contributed by atoms with Gasteiger partial charge in [0.1, 0.15) is 0 Å². The van der Waals surface area contributed by atoms with Crippen LogP contribution in [0.5, 0.6) is 0 Å². The molecule has 0 aliphatic carbocycles. The van der Waals surface area contributed by atoms with Crippen molar-refractivity contribution in [3.63, 3.8) is 0 Å². The van der Waals surface area contributed by atoms with Crippen LogP contribution in [0.1, 0.15) is 0 Å². The van der Waals surface area contributed by atoms with Gasteiger partial charge in [-0.15, -0.1) is 0 Å². The van der Waals surface area contributed by atoms with Crippen molar-refractivity contribution in [3.8, 4) is 0 Å². The molecule has 0 radical (unpaired) electrons. The minimum absolute atomic E-state index is 0. The van der Waals surface area contributed by atoms with Crippen molar-refractivity contribution in [3.05, 3.63) is 12.7 Å². The summed E-state index contributed by atoms with van der Waals surface area (Å²) >= 11 is 0. The molecule has 3 heteroatoms. The molecule has 0 aliphatic rings. The standard InChI is InChI=1S/C4H6O2.Zn/c1-3-4(5)6-2;/h3H,1H2,2H3;. The average molecular weight is 151 g/mol. The molecule has 0 aromatic rings. The molecule has 0 saturated heterocycles. The van der Waals surface area contributed by atoms with Crippen LogP contribution in [-0.4, -0.2) is 13.1 Å². The van der Waals surface area contributed by atoms with Crippen LogP contribution in [0.15, 0.2) is 12.7 Å². The van der Waals surface area contributed by atoms with Gasteiger partial charge in [-0.25, -0.2) is 4.79 Å². The Morgan fingerprint density at radius 2 is 2.29 bits per heavy atom. The van der Waals surface area contributed by atoms with E-state index in [1.807, 2.05) is 0 Å². The van der Waals surface area contributed by atoms with E-state index in [0.29, 0.717) is 0 Å². The molecule has 36 valence electrons. The van der Waals surface area contributed by atoms with Crippen molar-refractivity contribution < 1.29 is 29.0 Å². The molecular formula is C4H6O2Zn. The molecule has 0 spiro atoms. The van der Waals surface area contributed by atoms with Gasteiger partial charge in [0.15, 0.2) is 0 Å². The van der Waals surface area contributed by atoms with Crippen molar-refractivity contribution in [1.82, 2.24) is 0 Å². The van der Waals surface area contributed by atoms with Crippen molar-refractivity contribution in [2.45, 2.75) is 0 Å². The van der Waals surface area contributed by atoms with E-state index in [0.717, 1.165) is 6.08 Å². The van der Waals surface area contributed by atoms with E-state index < -0.39 is 5.97 Å². The molecule has 0 heterocycles. The van der Waals surface area contributed by atoms with E-state index in [1.54, 1.807) is 0 Å². The zero-order valence-corrected chi connectivity index (χ0v) is 7.28. The van der Waals surface area contributed by atoms with Gasteiger partial charge in [0.25, 0.3) is 0 Å². The summed E-state index contributed by atoms with van der Waals surface area (Å²) in [5.74, 6) is -0.394. The third kappa shape index (κ3) is 5.83. The first-order valence-corrected chi connectivity index (χ1v) is 1.51. The first-order valence-electron chi connectivity index (χ1n) is 1.51. The van der Waals surface area contributed by atoms with Crippen molar-refractivity contribution in [2.75, 3.05) is 7.11 Å². The number of carbonyl (C=O) groups is 1. The molecule has 0 atom stereocenters. The Morgan fingerprint density at radius 1 is 1.86 bits per heavy atom. The Labute approximate surface area is 55.3 Å². The number of ether oxygens (including phenoxy) is 1. The molecule has 0 aliphatic heterocycles. The summed E-state index contributed by atoms with van der Waals surface area (Å²) in [5, 5.41) is 0. The number of methoxy groups -OCH3 is 1. The second kappa shape index (κ2) is 5.83. The number of carbonyl (C=O) groups excluding carboxylic acids is 1. The van der Waals surface area contributed by atoms with E-state index >= 15 is 0 Å². The predicted molar refractivity (Wildman–Crippen MR) is 22.2 cm³/mol. The molecule has 0 rings (SSSR count). The number of hydrogen-bond acceptors (Lipinski definition) is 2.